The molecule has 2 aromatic rings. The number of fused-ring (bicyclic) bond motifs is 1. The highest BCUT2D eigenvalue weighted by molar-refractivity contribution is 5.87. The van der Waals surface area contributed by atoms with Gasteiger partial charge >= 0.3 is 0 Å². The zero-order chi connectivity index (χ0) is 14.4. The molecular formula is C17H19NO2. The molecular weight excluding hydrogens is 250 g/mol. The summed E-state index contributed by atoms with van der Waals surface area (Å²) in [5.74, 6) is 3.27. The van der Waals surface area contributed by atoms with Crippen molar-refractivity contribution in [1.29, 1.82) is 0 Å². The lowest BCUT2D eigenvalue weighted by molar-refractivity contribution is 0.191. The Balaban J connectivity index is 2.31. The number of hydrogen-bond acceptors (Lipinski definition) is 3. The van der Waals surface area contributed by atoms with Crippen molar-refractivity contribution in [2.24, 2.45) is 0 Å². The normalized spacial score (nSPS) is 12.1. The Morgan fingerprint density at radius 3 is 2.85 bits per heavy atom. The molecule has 2 N–H and O–H groups in total. The maximum absolute atomic E-state index is 9.33. The van der Waals surface area contributed by atoms with E-state index in [1.54, 1.807) is 6.92 Å². The molecule has 0 aliphatic heterocycles. The Kier molecular flexibility index (Phi) is 5.00. The summed E-state index contributed by atoms with van der Waals surface area (Å²) < 4.78 is 5.61. The molecule has 0 aliphatic carbocycles. The molecule has 0 bridgehead atoms. The average Bonchev–Trinajstić information content (AvgIpc) is 2.45. The van der Waals surface area contributed by atoms with Crippen molar-refractivity contribution < 1.29 is 9.84 Å². The van der Waals surface area contributed by atoms with E-state index in [1.807, 2.05) is 24.3 Å². The summed E-state index contributed by atoms with van der Waals surface area (Å²) in [4.78, 5) is 0. The van der Waals surface area contributed by atoms with E-state index in [9.17, 15) is 5.11 Å². The van der Waals surface area contributed by atoms with E-state index in [1.165, 1.54) is 0 Å². The van der Waals surface area contributed by atoms with Crippen LogP contribution in [-0.4, -0.2) is 24.4 Å². The fraction of sp³-hybridized carbons (Fsp3) is 0.294. The third-order valence-corrected chi connectivity index (χ3v) is 3.05. The first kappa shape index (κ1) is 14.4. The van der Waals surface area contributed by atoms with Crippen LogP contribution in [0.15, 0.2) is 36.4 Å². The third-order valence-electron chi connectivity index (χ3n) is 3.05. The molecule has 0 amide bonds. The highest BCUT2D eigenvalue weighted by Crippen LogP contribution is 2.28. The van der Waals surface area contributed by atoms with E-state index in [4.69, 9.17) is 11.2 Å². The molecule has 104 valence electrons. The molecule has 0 heterocycles. The van der Waals surface area contributed by atoms with Gasteiger partial charge in [0, 0.05) is 18.7 Å². The van der Waals surface area contributed by atoms with Gasteiger partial charge in [-0.15, -0.1) is 6.42 Å². The van der Waals surface area contributed by atoms with Crippen molar-refractivity contribution in [3.8, 4) is 18.1 Å². The fourth-order valence-electron chi connectivity index (χ4n) is 2.16. The lowest BCUT2D eigenvalue weighted by Crippen LogP contribution is -2.24. The first-order valence-corrected chi connectivity index (χ1v) is 6.68. The van der Waals surface area contributed by atoms with Crippen LogP contribution in [0.2, 0.25) is 0 Å². The van der Waals surface area contributed by atoms with Crippen molar-refractivity contribution in [2.45, 2.75) is 19.6 Å². The van der Waals surface area contributed by atoms with Crippen molar-refractivity contribution in [1.82, 2.24) is 5.32 Å². The molecule has 2 aromatic carbocycles. The molecule has 2 rings (SSSR count). The van der Waals surface area contributed by atoms with Gasteiger partial charge in [0.15, 0.2) is 0 Å². The predicted molar refractivity (Wildman–Crippen MR) is 81.7 cm³/mol. The van der Waals surface area contributed by atoms with E-state index in [0.29, 0.717) is 13.1 Å². The summed E-state index contributed by atoms with van der Waals surface area (Å²) in [5.41, 5.74) is 1.07. The van der Waals surface area contributed by atoms with Gasteiger partial charge < -0.3 is 15.2 Å². The largest absolute Gasteiger partial charge is 0.481 e. The van der Waals surface area contributed by atoms with Crippen LogP contribution in [0, 0.1) is 12.3 Å². The topological polar surface area (TPSA) is 41.5 Å². The van der Waals surface area contributed by atoms with Crippen LogP contribution < -0.4 is 10.1 Å². The number of rotatable bonds is 6. The van der Waals surface area contributed by atoms with Crippen LogP contribution in [0.25, 0.3) is 10.8 Å². The summed E-state index contributed by atoms with van der Waals surface area (Å²) in [5, 5.41) is 14.9. The zero-order valence-corrected chi connectivity index (χ0v) is 11.6. The minimum atomic E-state index is -0.375. The summed E-state index contributed by atoms with van der Waals surface area (Å²) in [6.07, 6.45) is 4.88. The summed E-state index contributed by atoms with van der Waals surface area (Å²) in [7, 11) is 0. The van der Waals surface area contributed by atoms with E-state index >= 15 is 0 Å². The van der Waals surface area contributed by atoms with Gasteiger partial charge in [0.1, 0.15) is 12.4 Å². The second-order valence-electron chi connectivity index (χ2n) is 4.74. The molecule has 0 radical (unpaired) electrons. The number of ether oxygens (including phenoxy) is 1. The van der Waals surface area contributed by atoms with Gasteiger partial charge in [-0.3, -0.25) is 0 Å². The van der Waals surface area contributed by atoms with Crippen LogP contribution in [0.5, 0.6) is 5.75 Å². The fourth-order valence-corrected chi connectivity index (χ4v) is 2.16. The first-order valence-electron chi connectivity index (χ1n) is 6.68. The van der Waals surface area contributed by atoms with E-state index in [0.717, 1.165) is 22.1 Å². The second kappa shape index (κ2) is 6.95. The highest BCUT2D eigenvalue weighted by Gasteiger charge is 2.08. The van der Waals surface area contributed by atoms with Crippen LogP contribution >= 0.6 is 0 Å². The first-order chi connectivity index (χ1) is 9.72. The molecule has 0 fully saturated rings. The van der Waals surface area contributed by atoms with Gasteiger partial charge in [0.25, 0.3) is 0 Å². The Bertz CT molecular complexity index is 614. The number of nitrogens with one attached hydrogen (secondary N) is 1. The maximum Gasteiger partial charge on any atom is 0.148 e. The van der Waals surface area contributed by atoms with Crippen molar-refractivity contribution in [2.75, 3.05) is 13.2 Å². The maximum atomic E-state index is 9.33. The van der Waals surface area contributed by atoms with Gasteiger partial charge in [-0.2, -0.15) is 0 Å². The van der Waals surface area contributed by atoms with Crippen LogP contribution in [-0.2, 0) is 6.54 Å². The standard InChI is InChI=1S/C17H19NO2/c1-3-10-20-17-9-8-14-6-4-5-7-15(14)16(17)12-18-11-13(2)19/h1,4-9,13,18-19H,10-12H2,2H3/t13-/m1/s1. The number of terminal acetylenes is 1. The van der Waals surface area contributed by atoms with Gasteiger partial charge in [-0.05, 0) is 23.8 Å². The Labute approximate surface area is 119 Å². The van der Waals surface area contributed by atoms with Crippen molar-refractivity contribution in [3.63, 3.8) is 0 Å². The number of hydrogen-bond donors (Lipinski definition) is 2. The Hall–Kier alpha value is -2.02. The molecule has 3 nitrogen and oxygen atoms in total. The lowest BCUT2D eigenvalue weighted by Gasteiger charge is -2.14. The predicted octanol–water partition coefficient (Wildman–Crippen LogP) is 2.32. The average molecular weight is 269 g/mol. The Morgan fingerprint density at radius 1 is 1.30 bits per heavy atom. The molecule has 3 heteroatoms. The lowest BCUT2D eigenvalue weighted by atomic mass is 10.0. The van der Waals surface area contributed by atoms with Crippen LogP contribution in [0.4, 0.5) is 0 Å². The summed E-state index contributed by atoms with van der Waals surface area (Å²) in [6, 6.07) is 12.1. The zero-order valence-electron chi connectivity index (χ0n) is 11.6. The molecule has 0 aliphatic rings. The molecule has 0 saturated heterocycles. The monoisotopic (exact) mass is 269 g/mol. The Morgan fingerprint density at radius 2 is 2.10 bits per heavy atom. The molecule has 0 aromatic heterocycles. The van der Waals surface area contributed by atoms with Gasteiger partial charge in [0.2, 0.25) is 0 Å². The quantitative estimate of drug-likeness (QED) is 0.791. The van der Waals surface area contributed by atoms with Crippen LogP contribution in [0.1, 0.15) is 12.5 Å². The van der Waals surface area contributed by atoms with Crippen LogP contribution in [0.3, 0.4) is 0 Å². The number of aliphatic hydroxyl groups excluding tert-OH is 1. The summed E-state index contributed by atoms with van der Waals surface area (Å²) in [6.45, 7) is 3.18. The smallest absolute Gasteiger partial charge is 0.148 e. The molecule has 0 spiro atoms. The van der Waals surface area contributed by atoms with Gasteiger partial charge in [0.05, 0.1) is 6.10 Å². The van der Waals surface area contributed by atoms with Gasteiger partial charge in [-0.1, -0.05) is 36.3 Å². The molecule has 20 heavy (non-hydrogen) atoms. The number of benzene rings is 2. The van der Waals surface area contributed by atoms with E-state index in [-0.39, 0.29) is 12.7 Å². The third kappa shape index (κ3) is 3.51. The van der Waals surface area contributed by atoms with E-state index < -0.39 is 0 Å². The van der Waals surface area contributed by atoms with E-state index in [2.05, 4.69) is 23.4 Å². The minimum Gasteiger partial charge on any atom is -0.481 e. The van der Waals surface area contributed by atoms with Gasteiger partial charge in [-0.25, -0.2) is 0 Å². The SMILES string of the molecule is C#CCOc1ccc2ccccc2c1CNC[C@@H](C)O. The number of aliphatic hydroxyl groups is 1. The molecule has 1 atom stereocenters. The van der Waals surface area contributed by atoms with Crippen molar-refractivity contribution in [3.05, 3.63) is 42.0 Å². The molecule has 0 unspecified atom stereocenters. The van der Waals surface area contributed by atoms with Crippen molar-refractivity contribution >= 4 is 10.8 Å². The second-order valence-corrected chi connectivity index (χ2v) is 4.74. The highest BCUT2D eigenvalue weighted by atomic mass is 16.5. The minimum absolute atomic E-state index is 0.252. The summed E-state index contributed by atoms with van der Waals surface area (Å²) >= 11 is 0. The molecule has 0 saturated carbocycles.